The average molecular weight is 1490 g/mol. The molecule has 0 bridgehead atoms. The minimum absolute atomic E-state index is 0.279. The molecule has 488 valence electrons. The molecule has 0 saturated heterocycles. The van der Waals surface area contributed by atoms with Crippen LogP contribution in [-0.4, -0.2) is 38.1 Å². The van der Waals surface area contributed by atoms with Crippen LogP contribution in [0.3, 0.4) is 0 Å². The molecular formula is C96H60N4S2Se2. The fourth-order valence-corrected chi connectivity index (χ4v) is 23.0. The van der Waals surface area contributed by atoms with Gasteiger partial charge in [-0.25, -0.2) is 0 Å². The first-order valence-electron chi connectivity index (χ1n) is 35.2. The number of hydrogen-bond donors (Lipinski definition) is 0. The number of fused-ring (bicyclic) bond motifs is 18. The minimum atomic E-state index is 0.279. The number of aromatic nitrogens is 2. The van der Waals surface area contributed by atoms with E-state index < -0.39 is 0 Å². The van der Waals surface area contributed by atoms with Crippen LogP contribution in [0.4, 0.5) is 34.1 Å². The fourth-order valence-electron chi connectivity index (χ4n) is 16.0. The molecule has 0 aliphatic carbocycles. The summed E-state index contributed by atoms with van der Waals surface area (Å²) in [7, 11) is 0. The van der Waals surface area contributed by atoms with Crippen molar-refractivity contribution in [2.45, 2.75) is 0 Å². The van der Waals surface area contributed by atoms with Crippen molar-refractivity contribution >= 4 is 208 Å². The van der Waals surface area contributed by atoms with Crippen LogP contribution in [0.15, 0.2) is 364 Å². The van der Waals surface area contributed by atoms with Gasteiger partial charge in [-0.05, 0) is 36.4 Å². The van der Waals surface area contributed by atoms with Crippen LogP contribution in [0, 0.1) is 0 Å². The zero-order valence-electron chi connectivity index (χ0n) is 56.1. The zero-order chi connectivity index (χ0) is 68.3. The first-order chi connectivity index (χ1) is 51.5. The van der Waals surface area contributed by atoms with E-state index in [1.807, 2.05) is 22.7 Å². The first kappa shape index (κ1) is 60.9. The third kappa shape index (κ3) is 10.2. The van der Waals surface area contributed by atoms with E-state index in [4.69, 9.17) is 0 Å². The van der Waals surface area contributed by atoms with Crippen LogP contribution >= 0.6 is 22.7 Å². The van der Waals surface area contributed by atoms with Crippen molar-refractivity contribution in [2.75, 3.05) is 9.80 Å². The van der Waals surface area contributed by atoms with Crippen molar-refractivity contribution < 1.29 is 0 Å². The monoisotopic (exact) mass is 1490 g/mol. The number of rotatable bonds is 10. The third-order valence-corrected chi connectivity index (χ3v) is 27.8. The van der Waals surface area contributed by atoms with Gasteiger partial charge in [-0.2, -0.15) is 0 Å². The van der Waals surface area contributed by atoms with Gasteiger partial charge in [-0.1, -0.05) is 72.8 Å². The van der Waals surface area contributed by atoms with Crippen molar-refractivity contribution in [2.24, 2.45) is 0 Å². The Kier molecular flexibility index (Phi) is 14.7. The second kappa shape index (κ2) is 25.0. The van der Waals surface area contributed by atoms with Gasteiger partial charge >= 0.3 is 484 Å². The fraction of sp³-hybridized carbons (Fsp3) is 0. The molecule has 0 radical (unpaired) electrons. The quantitative estimate of drug-likeness (QED) is 0.127. The van der Waals surface area contributed by atoms with Gasteiger partial charge in [0.25, 0.3) is 0 Å². The van der Waals surface area contributed by atoms with Crippen LogP contribution in [0.1, 0.15) is 0 Å². The molecule has 104 heavy (non-hydrogen) atoms. The van der Waals surface area contributed by atoms with E-state index in [0.29, 0.717) is 0 Å². The van der Waals surface area contributed by atoms with Gasteiger partial charge in [0.15, 0.2) is 0 Å². The van der Waals surface area contributed by atoms with Gasteiger partial charge in [0.05, 0.1) is 11.0 Å². The van der Waals surface area contributed by atoms with E-state index in [0.717, 1.165) is 11.4 Å². The number of anilines is 6. The van der Waals surface area contributed by atoms with E-state index >= 15 is 0 Å². The van der Waals surface area contributed by atoms with Crippen LogP contribution in [0.5, 0.6) is 0 Å². The normalized spacial score (nSPS) is 11.8. The summed E-state index contributed by atoms with van der Waals surface area (Å²) in [5.74, 6) is 0. The van der Waals surface area contributed by atoms with Crippen LogP contribution in [0.2, 0.25) is 0 Å². The molecule has 0 spiro atoms. The molecule has 0 amide bonds. The van der Waals surface area contributed by atoms with E-state index in [2.05, 4.69) is 383 Å². The van der Waals surface area contributed by atoms with Gasteiger partial charge in [0.1, 0.15) is 0 Å². The molecule has 6 aromatic heterocycles. The van der Waals surface area contributed by atoms with Gasteiger partial charge in [-0.15, -0.1) is 0 Å². The number of thiophene rings is 2. The Hall–Kier alpha value is -11.8. The standard InChI is InChI=1S/2C48H30N2SSe/c1-2-11-33(12-3-1)50-41-16-7-4-13-36(41)40-29-32(23-28-42(40)50)31-21-24-34(25-22-31)49(35-26-27-38-37-14-6-9-20-46(37)52-47(38)30-35)43-17-10-19-45-48(43)39-15-5-8-18-44(39)51-45;1-2-10-33(11-3-1)50-43-15-7-4-12-37(43)41-28-32(20-26-44(41)50)31-18-21-34(22-19-31)49(35-24-27-46-42(29-35)38-13-5-8-16-45(38)51-46)36-23-25-40-39-14-6-9-17-47(39)52-48(40)30-36/h2*1-30H. The maximum absolute atomic E-state index is 2.47. The second-order valence-corrected chi connectivity index (χ2v) is 33.4. The number of hydrogen-bond acceptors (Lipinski definition) is 4. The summed E-state index contributed by atoms with van der Waals surface area (Å²) in [6, 6.07) is 134. The topological polar surface area (TPSA) is 16.3 Å². The van der Waals surface area contributed by atoms with E-state index in [-0.39, 0.29) is 29.0 Å². The maximum atomic E-state index is 2.47. The number of nitrogens with zero attached hydrogens (tertiary/aromatic N) is 4. The smallest absolute Gasteiger partial charge is 0.0602 e. The van der Waals surface area contributed by atoms with Crippen LogP contribution in [-0.2, 0) is 0 Å². The molecule has 6 heterocycles. The zero-order valence-corrected chi connectivity index (χ0v) is 61.1. The third-order valence-electron chi connectivity index (χ3n) is 20.8. The Morgan fingerprint density at radius 2 is 0.596 bits per heavy atom. The van der Waals surface area contributed by atoms with Crippen LogP contribution < -0.4 is 9.80 Å². The van der Waals surface area contributed by atoms with Gasteiger partial charge in [0, 0.05) is 11.4 Å². The molecule has 8 heteroatoms. The summed E-state index contributed by atoms with van der Waals surface area (Å²) in [5, 5.41) is 15.8. The Morgan fingerprint density at radius 1 is 0.212 bits per heavy atom. The summed E-state index contributed by atoms with van der Waals surface area (Å²) in [4.78, 5) is 4.91. The summed E-state index contributed by atoms with van der Waals surface area (Å²) in [6.07, 6.45) is 0. The summed E-state index contributed by atoms with van der Waals surface area (Å²) in [5.41, 5.74) is 19.1. The van der Waals surface area contributed by atoms with E-state index in [1.54, 1.807) is 0 Å². The molecule has 22 aromatic rings. The molecule has 0 unspecified atom stereocenters. The van der Waals surface area contributed by atoms with Crippen molar-refractivity contribution in [3.8, 4) is 33.6 Å². The molecular weight excluding hydrogens is 1430 g/mol. The SMILES string of the molecule is c1ccc(-n2c3ccccc3c3cc(-c4ccc(N(c5ccc6c(c5)[se]c5ccccc56)c5ccc6sc7ccccc7c6c5)cc4)ccc32)cc1.c1ccc(-n2c3ccccc3c3cc(-c4ccc(N(c5ccc6c(c5)[se]c5ccccc56)c5cccc6sc7ccccc7c56)cc4)ccc32)cc1. The van der Waals surface area contributed by atoms with E-state index in [9.17, 15) is 0 Å². The summed E-state index contributed by atoms with van der Waals surface area (Å²) < 4.78 is 15.8. The molecule has 0 N–H and O–H groups in total. The Balaban J connectivity index is 0.000000134. The molecule has 0 atom stereocenters. The second-order valence-electron chi connectivity index (χ2n) is 26.7. The average Bonchev–Trinajstić information content (AvgIpc) is 1.59. The molecule has 0 aliphatic rings. The summed E-state index contributed by atoms with van der Waals surface area (Å²) >= 11 is 4.30. The molecule has 0 saturated carbocycles. The van der Waals surface area contributed by atoms with Gasteiger partial charge in [0.2, 0.25) is 0 Å². The summed E-state index contributed by atoms with van der Waals surface area (Å²) in [6.45, 7) is 0. The van der Waals surface area contributed by atoms with Crippen molar-refractivity contribution in [3.63, 3.8) is 0 Å². The van der Waals surface area contributed by atoms with Crippen LogP contribution in [0.25, 0.3) is 156 Å². The molecule has 0 fully saturated rings. The predicted octanol–water partition coefficient (Wildman–Crippen LogP) is 27.3. The van der Waals surface area contributed by atoms with Gasteiger partial charge in [-0.3, -0.25) is 0 Å². The number of benzene rings is 16. The Bertz CT molecular complexity index is 7120. The van der Waals surface area contributed by atoms with Crippen molar-refractivity contribution in [1.82, 2.24) is 9.13 Å². The predicted molar refractivity (Wildman–Crippen MR) is 451 cm³/mol. The molecule has 0 aliphatic heterocycles. The van der Waals surface area contributed by atoms with E-state index in [1.165, 1.54) is 179 Å². The Morgan fingerprint density at radius 3 is 1.16 bits per heavy atom. The molecule has 16 aromatic carbocycles. The number of para-hydroxylation sites is 4. The minimum Gasteiger partial charge on any atom is -0.0602 e. The molecule has 22 rings (SSSR count). The Labute approximate surface area is 619 Å². The van der Waals surface area contributed by atoms with Crippen molar-refractivity contribution in [3.05, 3.63) is 364 Å². The van der Waals surface area contributed by atoms with Crippen molar-refractivity contribution in [1.29, 1.82) is 0 Å². The molecule has 4 nitrogen and oxygen atoms in total. The first-order valence-corrected chi connectivity index (χ1v) is 40.2. The van der Waals surface area contributed by atoms with Gasteiger partial charge < -0.3 is 9.13 Å².